The summed E-state index contributed by atoms with van der Waals surface area (Å²) in [5.74, 6) is -0.683. The molecule has 0 aromatic heterocycles. The molecule has 3 nitrogen and oxygen atoms in total. The van der Waals surface area contributed by atoms with Crippen molar-refractivity contribution in [1.29, 1.82) is 0 Å². The van der Waals surface area contributed by atoms with Crippen molar-refractivity contribution in [3.8, 4) is 5.75 Å². The Hall–Kier alpha value is -2.88. The van der Waals surface area contributed by atoms with E-state index >= 15 is 0 Å². The van der Waals surface area contributed by atoms with E-state index in [1.807, 2.05) is 12.1 Å². The monoisotopic (exact) mass is 337 g/mol. The van der Waals surface area contributed by atoms with Crippen LogP contribution in [0.2, 0.25) is 0 Å². The zero-order chi connectivity index (χ0) is 17.6. The van der Waals surface area contributed by atoms with Crippen LogP contribution in [0.15, 0.2) is 60.7 Å². The average molecular weight is 337 g/mol. The Morgan fingerprint density at radius 2 is 1.88 bits per heavy atom. The van der Waals surface area contributed by atoms with E-state index in [9.17, 15) is 9.18 Å². The Labute approximate surface area is 146 Å². The number of ether oxygens (including phenoxy) is 1. The van der Waals surface area contributed by atoms with Gasteiger partial charge in [0.1, 0.15) is 0 Å². The third-order valence-electron chi connectivity index (χ3n) is 4.20. The van der Waals surface area contributed by atoms with Crippen molar-refractivity contribution >= 4 is 16.7 Å². The fourth-order valence-electron chi connectivity index (χ4n) is 2.90. The first kappa shape index (κ1) is 17.0. The second-order valence-electron chi connectivity index (χ2n) is 5.85. The fraction of sp³-hybridized carbons (Fsp3) is 0.190. The predicted octanol–water partition coefficient (Wildman–Crippen LogP) is 4.35. The number of rotatable bonds is 6. The number of carbonyl (C=O) groups is 1. The molecule has 1 N–H and O–H groups in total. The molecule has 25 heavy (non-hydrogen) atoms. The molecular formula is C21H20FNO2. The molecule has 0 fully saturated rings. The van der Waals surface area contributed by atoms with Gasteiger partial charge in [-0.15, -0.1) is 0 Å². The summed E-state index contributed by atoms with van der Waals surface area (Å²) >= 11 is 0. The van der Waals surface area contributed by atoms with E-state index in [2.05, 4.69) is 35.6 Å². The van der Waals surface area contributed by atoms with Crippen LogP contribution < -0.4 is 10.1 Å². The lowest BCUT2D eigenvalue weighted by molar-refractivity contribution is 0.0952. The summed E-state index contributed by atoms with van der Waals surface area (Å²) in [5.41, 5.74) is 1.56. The number of aryl methyl sites for hydroxylation is 1. The minimum atomic E-state index is -0.536. The number of nitrogens with one attached hydrogen (secondary N) is 1. The van der Waals surface area contributed by atoms with Crippen molar-refractivity contribution < 1.29 is 13.9 Å². The molecule has 0 aliphatic heterocycles. The normalized spacial score (nSPS) is 10.6. The van der Waals surface area contributed by atoms with E-state index in [4.69, 9.17) is 4.74 Å². The predicted molar refractivity (Wildman–Crippen MR) is 97.6 cm³/mol. The van der Waals surface area contributed by atoms with Gasteiger partial charge in [0.25, 0.3) is 5.91 Å². The topological polar surface area (TPSA) is 38.3 Å². The van der Waals surface area contributed by atoms with Gasteiger partial charge in [0.15, 0.2) is 11.6 Å². The van der Waals surface area contributed by atoms with Gasteiger partial charge >= 0.3 is 0 Å². The summed E-state index contributed by atoms with van der Waals surface area (Å²) in [6, 6.07) is 18.7. The zero-order valence-electron chi connectivity index (χ0n) is 14.1. The van der Waals surface area contributed by atoms with Gasteiger partial charge in [0.2, 0.25) is 0 Å². The second-order valence-corrected chi connectivity index (χ2v) is 5.85. The van der Waals surface area contributed by atoms with Gasteiger partial charge in [-0.25, -0.2) is 4.39 Å². The maximum Gasteiger partial charge on any atom is 0.251 e. The van der Waals surface area contributed by atoms with Crippen LogP contribution in [0.25, 0.3) is 10.8 Å². The molecule has 4 heteroatoms. The number of halogens is 1. The molecule has 0 aliphatic rings. The van der Waals surface area contributed by atoms with Crippen LogP contribution in [0.4, 0.5) is 4.39 Å². The molecule has 3 aromatic carbocycles. The summed E-state index contributed by atoms with van der Waals surface area (Å²) in [4.78, 5) is 12.1. The molecule has 3 rings (SSSR count). The number of methoxy groups -OCH3 is 1. The fourth-order valence-corrected chi connectivity index (χ4v) is 2.90. The highest BCUT2D eigenvalue weighted by atomic mass is 19.1. The van der Waals surface area contributed by atoms with E-state index in [1.54, 1.807) is 6.07 Å². The number of hydrogen-bond acceptors (Lipinski definition) is 2. The van der Waals surface area contributed by atoms with E-state index in [1.165, 1.54) is 35.6 Å². The first-order valence-electron chi connectivity index (χ1n) is 8.27. The van der Waals surface area contributed by atoms with Crippen molar-refractivity contribution in [3.63, 3.8) is 0 Å². The minimum Gasteiger partial charge on any atom is -0.494 e. The first-order valence-corrected chi connectivity index (χ1v) is 8.27. The summed E-state index contributed by atoms with van der Waals surface area (Å²) in [7, 11) is 1.39. The molecule has 1 amide bonds. The van der Waals surface area contributed by atoms with Crippen molar-refractivity contribution in [2.24, 2.45) is 0 Å². The van der Waals surface area contributed by atoms with E-state index in [0.29, 0.717) is 12.1 Å². The lowest BCUT2D eigenvalue weighted by atomic mass is 10.0. The van der Waals surface area contributed by atoms with Crippen LogP contribution in [0.1, 0.15) is 22.3 Å². The summed E-state index contributed by atoms with van der Waals surface area (Å²) in [5, 5.41) is 5.30. The van der Waals surface area contributed by atoms with Crippen molar-refractivity contribution in [2.75, 3.05) is 13.7 Å². The van der Waals surface area contributed by atoms with Crippen molar-refractivity contribution in [1.82, 2.24) is 5.32 Å². The maximum absolute atomic E-state index is 13.7. The molecule has 0 spiro atoms. The van der Waals surface area contributed by atoms with E-state index < -0.39 is 5.82 Å². The highest BCUT2D eigenvalue weighted by Gasteiger charge is 2.09. The molecule has 0 saturated heterocycles. The molecule has 0 radical (unpaired) electrons. The molecule has 128 valence electrons. The highest BCUT2D eigenvalue weighted by molar-refractivity contribution is 5.94. The molecule has 0 bridgehead atoms. The Morgan fingerprint density at radius 3 is 2.68 bits per heavy atom. The third kappa shape index (κ3) is 3.97. The molecule has 3 aromatic rings. The number of fused-ring (bicyclic) bond motifs is 1. The van der Waals surface area contributed by atoms with Gasteiger partial charge in [-0.3, -0.25) is 4.79 Å². The third-order valence-corrected chi connectivity index (χ3v) is 4.20. The molecule has 0 atom stereocenters. The van der Waals surface area contributed by atoms with Gasteiger partial charge in [-0.1, -0.05) is 42.5 Å². The largest absolute Gasteiger partial charge is 0.494 e. The van der Waals surface area contributed by atoms with Gasteiger partial charge in [-0.05, 0) is 47.4 Å². The Kier molecular flexibility index (Phi) is 5.29. The number of amides is 1. The van der Waals surface area contributed by atoms with Gasteiger partial charge in [0, 0.05) is 12.1 Å². The lowest BCUT2D eigenvalue weighted by Crippen LogP contribution is -2.24. The van der Waals surface area contributed by atoms with Crippen molar-refractivity contribution in [2.45, 2.75) is 12.8 Å². The second kappa shape index (κ2) is 7.79. The van der Waals surface area contributed by atoms with E-state index in [-0.39, 0.29) is 11.7 Å². The summed E-state index contributed by atoms with van der Waals surface area (Å²) < 4.78 is 18.5. The van der Waals surface area contributed by atoms with Gasteiger partial charge < -0.3 is 10.1 Å². The Balaban J connectivity index is 1.56. The van der Waals surface area contributed by atoms with Crippen LogP contribution in [-0.2, 0) is 6.42 Å². The van der Waals surface area contributed by atoms with Gasteiger partial charge in [0.05, 0.1) is 7.11 Å². The standard InChI is InChI=1S/C21H20FNO2/c1-25-20-12-11-17(14-19(20)22)21(24)23-13-5-9-16-8-4-7-15-6-2-3-10-18(15)16/h2-4,6-8,10-12,14H,5,9,13H2,1H3,(H,23,24). The number of benzene rings is 3. The number of hydrogen-bond donors (Lipinski definition) is 1. The van der Waals surface area contributed by atoms with Crippen LogP contribution >= 0.6 is 0 Å². The molecule has 0 saturated carbocycles. The highest BCUT2D eigenvalue weighted by Crippen LogP contribution is 2.20. The van der Waals surface area contributed by atoms with E-state index in [0.717, 1.165) is 12.8 Å². The Bertz CT molecular complexity index is 887. The number of carbonyl (C=O) groups excluding carboxylic acids is 1. The average Bonchev–Trinajstić information content (AvgIpc) is 2.65. The van der Waals surface area contributed by atoms with Crippen LogP contribution in [0.5, 0.6) is 5.75 Å². The molecule has 0 aliphatic carbocycles. The van der Waals surface area contributed by atoms with Crippen LogP contribution in [0, 0.1) is 5.82 Å². The van der Waals surface area contributed by atoms with Crippen LogP contribution in [0.3, 0.4) is 0 Å². The van der Waals surface area contributed by atoms with Gasteiger partial charge in [-0.2, -0.15) is 0 Å². The lowest BCUT2D eigenvalue weighted by Gasteiger charge is -2.09. The molecular weight excluding hydrogens is 317 g/mol. The minimum absolute atomic E-state index is 0.132. The maximum atomic E-state index is 13.7. The van der Waals surface area contributed by atoms with Crippen molar-refractivity contribution in [3.05, 3.63) is 77.6 Å². The quantitative estimate of drug-likeness (QED) is 0.679. The molecule has 0 heterocycles. The SMILES string of the molecule is COc1ccc(C(=O)NCCCc2cccc3ccccc23)cc1F. The molecule has 0 unspecified atom stereocenters. The van der Waals surface area contributed by atoms with Crippen LogP contribution in [-0.4, -0.2) is 19.6 Å². The Morgan fingerprint density at radius 1 is 1.08 bits per heavy atom. The zero-order valence-corrected chi connectivity index (χ0v) is 14.1. The summed E-state index contributed by atoms with van der Waals surface area (Å²) in [6.07, 6.45) is 1.69. The smallest absolute Gasteiger partial charge is 0.251 e. The summed E-state index contributed by atoms with van der Waals surface area (Å²) in [6.45, 7) is 0.537. The first-order chi connectivity index (χ1) is 12.2.